The van der Waals surface area contributed by atoms with Crippen molar-refractivity contribution in [3.63, 3.8) is 0 Å². The largest absolute Gasteiger partial charge is 0.383 e. The van der Waals surface area contributed by atoms with Crippen molar-refractivity contribution in [3.05, 3.63) is 17.5 Å². The zero-order valence-corrected chi connectivity index (χ0v) is 14.0. The number of nitrogens with one attached hydrogen (secondary N) is 3. The SMILES string of the molecule is COCCN=C(NC(=S)NC1CC1)Nc1nc(C)cc(C)n1. The first-order valence-corrected chi connectivity index (χ1v) is 7.68. The van der Waals surface area contributed by atoms with Gasteiger partial charge in [-0.1, -0.05) is 0 Å². The lowest BCUT2D eigenvalue weighted by molar-refractivity contribution is 0.208. The third-order valence-corrected chi connectivity index (χ3v) is 3.14. The number of ether oxygens (including phenoxy) is 1. The molecule has 0 spiro atoms. The molecule has 7 nitrogen and oxygen atoms in total. The van der Waals surface area contributed by atoms with Crippen LogP contribution in [0.4, 0.5) is 5.95 Å². The van der Waals surface area contributed by atoms with E-state index in [9.17, 15) is 0 Å². The molecule has 0 bridgehead atoms. The lowest BCUT2D eigenvalue weighted by Crippen LogP contribution is -2.43. The summed E-state index contributed by atoms with van der Waals surface area (Å²) in [5.41, 5.74) is 1.79. The van der Waals surface area contributed by atoms with Crippen molar-refractivity contribution in [2.75, 3.05) is 25.6 Å². The normalized spacial score (nSPS) is 14.6. The van der Waals surface area contributed by atoms with E-state index in [0.29, 0.717) is 36.2 Å². The number of methoxy groups -OCH3 is 1. The number of nitrogens with zero attached hydrogens (tertiary/aromatic N) is 3. The predicted octanol–water partition coefficient (Wildman–Crippen LogP) is 1.13. The van der Waals surface area contributed by atoms with Crippen LogP contribution in [0.1, 0.15) is 24.2 Å². The van der Waals surface area contributed by atoms with Gasteiger partial charge in [0.2, 0.25) is 11.9 Å². The van der Waals surface area contributed by atoms with Crippen LogP contribution in [-0.4, -0.2) is 47.3 Å². The number of rotatable bonds is 5. The molecule has 1 aliphatic rings. The first-order valence-electron chi connectivity index (χ1n) is 7.27. The second kappa shape index (κ2) is 8.00. The second-order valence-electron chi connectivity index (χ2n) is 5.20. The summed E-state index contributed by atoms with van der Waals surface area (Å²) in [5, 5.41) is 9.90. The van der Waals surface area contributed by atoms with Gasteiger partial charge in [0.25, 0.3) is 0 Å². The standard InChI is InChI=1S/C14H22N6OS/c1-9-8-10(2)17-13(16-9)19-12(15-6-7-21-3)20-14(22)18-11-4-5-11/h8,11H,4-7H2,1-3H3,(H3,15,16,17,18,19,20,22). The number of aliphatic imine (C=N–C) groups is 1. The molecule has 1 aromatic rings. The van der Waals surface area contributed by atoms with Crippen molar-refractivity contribution in [1.29, 1.82) is 0 Å². The molecule has 1 heterocycles. The lowest BCUT2D eigenvalue weighted by atomic mass is 10.4. The molecule has 0 aromatic carbocycles. The second-order valence-corrected chi connectivity index (χ2v) is 5.60. The van der Waals surface area contributed by atoms with Gasteiger partial charge in [0.15, 0.2) is 5.11 Å². The summed E-state index contributed by atoms with van der Waals surface area (Å²) in [4.78, 5) is 13.1. The van der Waals surface area contributed by atoms with Crippen LogP contribution in [0.2, 0.25) is 0 Å². The molecule has 0 unspecified atom stereocenters. The third kappa shape index (κ3) is 5.90. The van der Waals surface area contributed by atoms with Gasteiger partial charge in [-0.2, -0.15) is 0 Å². The third-order valence-electron chi connectivity index (χ3n) is 2.92. The van der Waals surface area contributed by atoms with Crippen molar-refractivity contribution in [1.82, 2.24) is 20.6 Å². The quantitative estimate of drug-likeness (QED) is 0.324. The van der Waals surface area contributed by atoms with Gasteiger partial charge in [0.1, 0.15) is 0 Å². The van der Waals surface area contributed by atoms with Crippen LogP contribution >= 0.6 is 12.2 Å². The maximum absolute atomic E-state index is 5.28. The van der Waals surface area contributed by atoms with Crippen LogP contribution in [0.5, 0.6) is 0 Å². The molecule has 1 fully saturated rings. The van der Waals surface area contributed by atoms with Gasteiger partial charge in [0.05, 0.1) is 13.2 Å². The molecule has 120 valence electrons. The fourth-order valence-electron chi connectivity index (χ4n) is 1.80. The summed E-state index contributed by atoms with van der Waals surface area (Å²) >= 11 is 5.28. The van der Waals surface area contributed by atoms with Gasteiger partial charge in [-0.3, -0.25) is 10.3 Å². The number of aryl methyl sites for hydroxylation is 2. The van der Waals surface area contributed by atoms with E-state index in [1.54, 1.807) is 7.11 Å². The minimum absolute atomic E-state index is 0.484. The van der Waals surface area contributed by atoms with Crippen molar-refractivity contribution in [2.24, 2.45) is 4.99 Å². The number of anilines is 1. The van der Waals surface area contributed by atoms with Crippen LogP contribution in [0, 0.1) is 13.8 Å². The predicted molar refractivity (Wildman–Crippen MR) is 91.2 cm³/mol. The first kappa shape index (κ1) is 16.6. The number of thiocarbonyl (C=S) groups is 1. The Balaban J connectivity index is 2.01. The van der Waals surface area contributed by atoms with E-state index in [1.807, 2.05) is 19.9 Å². The average molecular weight is 322 g/mol. The molecule has 0 amide bonds. The molecule has 0 saturated heterocycles. The Morgan fingerprint density at radius 3 is 2.64 bits per heavy atom. The highest BCUT2D eigenvalue weighted by atomic mass is 32.1. The van der Waals surface area contributed by atoms with Crippen LogP contribution in [0.3, 0.4) is 0 Å². The number of hydrogen-bond acceptors (Lipinski definition) is 5. The molecule has 22 heavy (non-hydrogen) atoms. The van der Waals surface area contributed by atoms with E-state index < -0.39 is 0 Å². The van der Waals surface area contributed by atoms with Crippen molar-refractivity contribution in [3.8, 4) is 0 Å². The molecule has 0 radical (unpaired) electrons. The Kier molecular flexibility index (Phi) is 6.02. The highest BCUT2D eigenvalue weighted by molar-refractivity contribution is 7.80. The van der Waals surface area contributed by atoms with Crippen LogP contribution < -0.4 is 16.0 Å². The molecule has 1 saturated carbocycles. The average Bonchev–Trinajstić information content (AvgIpc) is 3.21. The molecule has 2 rings (SSSR count). The van der Waals surface area contributed by atoms with Crippen LogP contribution in [0.15, 0.2) is 11.1 Å². The molecule has 0 atom stereocenters. The summed E-state index contributed by atoms with van der Waals surface area (Å²) in [6.45, 7) is 4.90. The van der Waals surface area contributed by atoms with Crippen molar-refractivity contribution in [2.45, 2.75) is 32.7 Å². The molecule has 3 N–H and O–H groups in total. The summed E-state index contributed by atoms with van der Waals surface area (Å²) in [5.74, 6) is 1.01. The van der Waals surface area contributed by atoms with Gasteiger partial charge in [-0.05, 0) is 45.0 Å². The summed E-state index contributed by atoms with van der Waals surface area (Å²) < 4.78 is 5.02. The van der Waals surface area contributed by atoms with E-state index in [4.69, 9.17) is 17.0 Å². The molecular weight excluding hydrogens is 300 g/mol. The van der Waals surface area contributed by atoms with Crippen molar-refractivity contribution >= 4 is 29.2 Å². The Labute approximate surface area is 136 Å². The van der Waals surface area contributed by atoms with E-state index in [1.165, 1.54) is 0 Å². The minimum atomic E-state index is 0.484. The van der Waals surface area contributed by atoms with E-state index in [2.05, 4.69) is 30.9 Å². The Hall–Kier alpha value is -1.80. The minimum Gasteiger partial charge on any atom is -0.383 e. The van der Waals surface area contributed by atoms with Gasteiger partial charge in [-0.15, -0.1) is 0 Å². The smallest absolute Gasteiger partial charge is 0.229 e. The fraction of sp³-hybridized carbons (Fsp3) is 0.571. The maximum atomic E-state index is 5.28. The maximum Gasteiger partial charge on any atom is 0.229 e. The highest BCUT2D eigenvalue weighted by Gasteiger charge is 2.22. The zero-order chi connectivity index (χ0) is 15.9. The van der Waals surface area contributed by atoms with E-state index in [0.717, 1.165) is 24.2 Å². The van der Waals surface area contributed by atoms with Gasteiger partial charge >= 0.3 is 0 Å². The van der Waals surface area contributed by atoms with E-state index in [-0.39, 0.29) is 0 Å². The molecule has 8 heteroatoms. The Bertz CT molecular complexity index is 538. The molecule has 1 aromatic heterocycles. The molecular formula is C14H22N6OS. The topological polar surface area (TPSA) is 83.5 Å². The Morgan fingerprint density at radius 1 is 1.36 bits per heavy atom. The van der Waals surface area contributed by atoms with Crippen LogP contribution in [0.25, 0.3) is 0 Å². The van der Waals surface area contributed by atoms with Gasteiger partial charge in [-0.25, -0.2) is 9.97 Å². The first-order chi connectivity index (χ1) is 10.6. The number of hydrogen-bond donors (Lipinski definition) is 3. The monoisotopic (exact) mass is 322 g/mol. The molecule has 0 aliphatic heterocycles. The van der Waals surface area contributed by atoms with Crippen LogP contribution in [-0.2, 0) is 4.74 Å². The number of aromatic nitrogens is 2. The zero-order valence-electron chi connectivity index (χ0n) is 13.1. The van der Waals surface area contributed by atoms with E-state index >= 15 is 0 Å². The van der Waals surface area contributed by atoms with Crippen molar-refractivity contribution < 1.29 is 4.74 Å². The summed E-state index contributed by atoms with van der Waals surface area (Å²) in [7, 11) is 1.64. The summed E-state index contributed by atoms with van der Waals surface area (Å²) in [6, 6.07) is 2.40. The fourth-order valence-corrected chi connectivity index (χ4v) is 2.07. The number of guanidine groups is 1. The highest BCUT2D eigenvalue weighted by Crippen LogP contribution is 2.18. The van der Waals surface area contributed by atoms with Gasteiger partial charge < -0.3 is 15.4 Å². The lowest BCUT2D eigenvalue weighted by Gasteiger charge is -2.13. The molecule has 1 aliphatic carbocycles. The summed E-state index contributed by atoms with van der Waals surface area (Å²) in [6.07, 6.45) is 2.32. The van der Waals surface area contributed by atoms with Gasteiger partial charge in [0, 0.05) is 24.5 Å². The Morgan fingerprint density at radius 2 is 2.05 bits per heavy atom.